The van der Waals surface area contributed by atoms with E-state index in [4.69, 9.17) is 0 Å². The van der Waals surface area contributed by atoms with E-state index in [0.717, 1.165) is 30.6 Å². The van der Waals surface area contributed by atoms with Gasteiger partial charge < -0.3 is 5.32 Å². The summed E-state index contributed by atoms with van der Waals surface area (Å²) in [5, 5.41) is 6.72. The first-order valence-electron chi connectivity index (χ1n) is 10.00. The summed E-state index contributed by atoms with van der Waals surface area (Å²) >= 11 is 2.75. The Labute approximate surface area is 187 Å². The van der Waals surface area contributed by atoms with E-state index in [1.54, 1.807) is 53.1 Å². The lowest BCUT2D eigenvalue weighted by atomic mass is 10.1. The van der Waals surface area contributed by atoms with Crippen molar-refractivity contribution in [3.8, 4) is 16.9 Å². The van der Waals surface area contributed by atoms with Crippen LogP contribution < -0.4 is 10.2 Å². The molecule has 4 nitrogen and oxygen atoms in total. The highest BCUT2D eigenvalue weighted by Crippen LogP contribution is 2.25. The minimum atomic E-state index is -0.472. The Kier molecular flexibility index (Phi) is 6.74. The molecule has 4 rings (SSSR count). The van der Waals surface area contributed by atoms with E-state index in [1.807, 2.05) is 12.1 Å². The van der Waals surface area contributed by atoms with Crippen LogP contribution in [0.3, 0.4) is 0 Å². The molecule has 1 amide bonds. The van der Waals surface area contributed by atoms with Gasteiger partial charge in [-0.3, -0.25) is 14.2 Å². The third kappa shape index (κ3) is 5.00. The fraction of sp³-hybridized carbons (Fsp3) is 0.167. The van der Waals surface area contributed by atoms with Gasteiger partial charge in [-0.15, -0.1) is 11.3 Å². The molecule has 0 bridgehead atoms. The van der Waals surface area contributed by atoms with Crippen LogP contribution in [-0.4, -0.2) is 17.0 Å². The number of para-hydroxylation sites is 1. The fourth-order valence-electron chi connectivity index (χ4n) is 3.37. The molecular formula is C24H21FN2O2S2. The topological polar surface area (TPSA) is 51.1 Å². The first-order chi connectivity index (χ1) is 15.1. The lowest BCUT2D eigenvalue weighted by Gasteiger charge is -2.10. The van der Waals surface area contributed by atoms with Crippen LogP contribution in [0.2, 0.25) is 0 Å². The van der Waals surface area contributed by atoms with Crippen molar-refractivity contribution >= 4 is 28.6 Å². The second-order valence-corrected chi connectivity index (χ2v) is 8.90. The number of aromatic nitrogens is 1. The number of thiophene rings is 1. The van der Waals surface area contributed by atoms with Gasteiger partial charge in [-0.05, 0) is 55.0 Å². The number of hydrogen-bond donors (Lipinski definition) is 1. The van der Waals surface area contributed by atoms with Gasteiger partial charge in [0.25, 0.3) is 5.91 Å². The molecule has 0 saturated carbocycles. The maximum absolute atomic E-state index is 14.3. The number of nitrogens with one attached hydrogen (secondary N) is 1. The molecule has 0 aliphatic carbocycles. The van der Waals surface area contributed by atoms with Crippen LogP contribution in [0.4, 0.5) is 4.39 Å². The van der Waals surface area contributed by atoms with Gasteiger partial charge in [-0.2, -0.15) is 0 Å². The molecule has 158 valence electrons. The average Bonchev–Trinajstić information content (AvgIpc) is 3.44. The summed E-state index contributed by atoms with van der Waals surface area (Å²) in [6, 6.07) is 17.4. The van der Waals surface area contributed by atoms with Gasteiger partial charge in [0.2, 0.25) is 0 Å². The normalized spacial score (nSPS) is 10.9. The van der Waals surface area contributed by atoms with Gasteiger partial charge in [0.1, 0.15) is 5.82 Å². The SMILES string of the molecule is O=C(NCCCCc1cccs1)c1cccc(-c2csc(=O)n2-c2ccccc2F)c1. The number of hydrogen-bond acceptors (Lipinski definition) is 4. The molecule has 0 radical (unpaired) electrons. The number of halogens is 1. The van der Waals surface area contributed by atoms with E-state index in [9.17, 15) is 14.0 Å². The molecule has 0 unspecified atom stereocenters. The standard InChI is InChI=1S/C24H21FN2O2S2/c25-20-11-1-2-12-21(20)27-22(16-31-24(27)29)17-7-5-8-18(15-17)23(28)26-13-4-3-9-19-10-6-14-30-19/h1-2,5-8,10-12,14-16H,3-4,9,13H2,(H,26,28). The first kappa shape index (κ1) is 21.2. The highest BCUT2D eigenvalue weighted by Gasteiger charge is 2.15. The zero-order chi connectivity index (χ0) is 21.6. The van der Waals surface area contributed by atoms with Crippen molar-refractivity contribution in [2.45, 2.75) is 19.3 Å². The number of thiazole rings is 1. The minimum absolute atomic E-state index is 0.159. The fourth-order valence-corrected chi connectivity index (χ4v) is 4.88. The third-order valence-electron chi connectivity index (χ3n) is 4.92. The molecule has 0 spiro atoms. The number of unbranched alkanes of at least 4 members (excludes halogenated alkanes) is 1. The lowest BCUT2D eigenvalue weighted by molar-refractivity contribution is 0.0953. The Morgan fingerprint density at radius 2 is 1.87 bits per heavy atom. The Balaban J connectivity index is 1.46. The average molecular weight is 453 g/mol. The number of carbonyl (C=O) groups excluding carboxylic acids is 1. The van der Waals surface area contributed by atoms with E-state index in [1.165, 1.54) is 15.5 Å². The Bertz CT molecular complexity index is 1230. The Morgan fingerprint density at radius 1 is 1.00 bits per heavy atom. The smallest absolute Gasteiger partial charge is 0.312 e. The van der Waals surface area contributed by atoms with Gasteiger partial charge in [-0.25, -0.2) is 4.39 Å². The van der Waals surface area contributed by atoms with Crippen molar-refractivity contribution in [3.63, 3.8) is 0 Å². The maximum atomic E-state index is 14.3. The van der Waals surface area contributed by atoms with Gasteiger partial charge in [0, 0.05) is 27.9 Å². The molecule has 31 heavy (non-hydrogen) atoms. The molecule has 0 atom stereocenters. The highest BCUT2D eigenvalue weighted by atomic mass is 32.1. The quantitative estimate of drug-likeness (QED) is 0.358. The molecule has 0 aliphatic rings. The Morgan fingerprint density at radius 3 is 2.68 bits per heavy atom. The zero-order valence-corrected chi connectivity index (χ0v) is 18.3. The van der Waals surface area contributed by atoms with E-state index in [-0.39, 0.29) is 16.5 Å². The second kappa shape index (κ2) is 9.85. The summed E-state index contributed by atoms with van der Waals surface area (Å²) in [4.78, 5) is 26.1. The van der Waals surface area contributed by atoms with Crippen molar-refractivity contribution < 1.29 is 9.18 Å². The predicted molar refractivity (Wildman–Crippen MR) is 125 cm³/mol. The van der Waals surface area contributed by atoms with Gasteiger partial charge in [0.05, 0.1) is 11.4 Å². The van der Waals surface area contributed by atoms with E-state index >= 15 is 0 Å². The third-order valence-corrected chi connectivity index (χ3v) is 6.59. The predicted octanol–water partition coefficient (Wildman–Crippen LogP) is 5.52. The molecule has 0 fully saturated rings. The summed E-state index contributed by atoms with van der Waals surface area (Å²) in [7, 11) is 0. The van der Waals surface area contributed by atoms with Crippen LogP contribution in [-0.2, 0) is 6.42 Å². The maximum Gasteiger partial charge on any atom is 0.312 e. The number of rotatable bonds is 8. The monoisotopic (exact) mass is 452 g/mol. The molecule has 0 saturated heterocycles. The summed E-state index contributed by atoms with van der Waals surface area (Å²) in [6.45, 7) is 0.604. The molecule has 0 aliphatic heterocycles. The summed E-state index contributed by atoms with van der Waals surface area (Å²) in [5.74, 6) is -0.631. The molecule has 2 heterocycles. The van der Waals surface area contributed by atoms with Crippen molar-refractivity contribution in [2.75, 3.05) is 6.54 Å². The van der Waals surface area contributed by atoms with Crippen LogP contribution in [0.5, 0.6) is 0 Å². The van der Waals surface area contributed by atoms with Crippen LogP contribution >= 0.6 is 22.7 Å². The van der Waals surface area contributed by atoms with E-state index in [0.29, 0.717) is 23.4 Å². The van der Waals surface area contributed by atoms with Crippen LogP contribution in [0.1, 0.15) is 28.1 Å². The van der Waals surface area contributed by atoms with Gasteiger partial charge in [0.15, 0.2) is 0 Å². The van der Waals surface area contributed by atoms with E-state index < -0.39 is 5.82 Å². The highest BCUT2D eigenvalue weighted by molar-refractivity contribution is 7.09. The van der Waals surface area contributed by atoms with Crippen molar-refractivity contribution in [3.05, 3.63) is 97.3 Å². The van der Waals surface area contributed by atoms with Crippen LogP contribution in [0.15, 0.2) is 76.2 Å². The molecule has 1 N–H and O–H groups in total. The zero-order valence-electron chi connectivity index (χ0n) is 16.7. The summed E-state index contributed by atoms with van der Waals surface area (Å²) in [5.41, 5.74) is 1.96. The number of benzene rings is 2. The van der Waals surface area contributed by atoms with Crippen molar-refractivity contribution in [1.82, 2.24) is 9.88 Å². The number of nitrogens with zero attached hydrogens (tertiary/aromatic N) is 1. The number of carbonyl (C=O) groups is 1. The van der Waals surface area contributed by atoms with Crippen LogP contribution in [0.25, 0.3) is 16.9 Å². The van der Waals surface area contributed by atoms with E-state index in [2.05, 4.69) is 16.8 Å². The first-order valence-corrected chi connectivity index (χ1v) is 11.8. The van der Waals surface area contributed by atoms with Crippen LogP contribution in [0, 0.1) is 5.82 Å². The van der Waals surface area contributed by atoms with Gasteiger partial charge in [-0.1, -0.05) is 41.7 Å². The molecule has 4 aromatic rings. The molecule has 2 aromatic carbocycles. The minimum Gasteiger partial charge on any atom is -0.352 e. The van der Waals surface area contributed by atoms with Crippen molar-refractivity contribution in [1.29, 1.82) is 0 Å². The largest absolute Gasteiger partial charge is 0.352 e. The van der Waals surface area contributed by atoms with Crippen molar-refractivity contribution in [2.24, 2.45) is 0 Å². The number of amides is 1. The Hall–Kier alpha value is -3.03. The second-order valence-electron chi connectivity index (χ2n) is 7.05. The lowest BCUT2D eigenvalue weighted by Crippen LogP contribution is -2.24. The summed E-state index contributed by atoms with van der Waals surface area (Å²) < 4.78 is 15.7. The van der Waals surface area contributed by atoms with Gasteiger partial charge >= 0.3 is 4.87 Å². The molecular weight excluding hydrogens is 431 g/mol. The number of aryl methyl sites for hydroxylation is 1. The molecule has 2 aromatic heterocycles. The summed E-state index contributed by atoms with van der Waals surface area (Å²) in [6.07, 6.45) is 2.94. The molecule has 7 heteroatoms.